The molecule has 2 saturated heterocycles. The van der Waals surface area contributed by atoms with Crippen molar-refractivity contribution < 1.29 is 28.7 Å². The standard InChI is InChI=1S/C44H48N10O6/c1-24(2)37(51-43(57)59-5)41(55)53-17-7-9-35(53)39-46-22-33(49-39)27-13-11-26(12-14-27)32-20-29(21-45)30-19-28(15-16-31(30)48-32)34-23-47-40(50-34)36-10-8-18-54(36)42(56)38(25(3)4)52-44(58)60-6/h11-16,19-20,22-25,35-38H,1,7-10,17-18H2,2-6H3,(H3-,46,47,48,49,50,51,52,57,58)/p+1. The predicted molar refractivity (Wildman–Crippen MR) is 222 cm³/mol. The van der Waals surface area contributed by atoms with Gasteiger partial charge in [0.15, 0.2) is 6.04 Å². The Morgan fingerprint density at radius 2 is 1.30 bits per heavy atom. The summed E-state index contributed by atoms with van der Waals surface area (Å²) in [5.41, 5.74) is 5.84. The van der Waals surface area contributed by atoms with Crippen LogP contribution in [0.4, 0.5) is 9.59 Å². The molecule has 60 heavy (non-hydrogen) atoms. The van der Waals surface area contributed by atoms with Gasteiger partial charge in [-0.25, -0.2) is 24.5 Å². The Morgan fingerprint density at radius 3 is 1.83 bits per heavy atom. The molecule has 0 aliphatic carbocycles. The quantitative estimate of drug-likeness (QED) is 0.107. The number of carbonyl (C=O) groups is 4. The summed E-state index contributed by atoms with van der Waals surface area (Å²) in [5.74, 6) is 0.384. The second-order valence-electron chi connectivity index (χ2n) is 15.7. The van der Waals surface area contributed by atoms with E-state index in [0.717, 1.165) is 53.8 Å². The van der Waals surface area contributed by atoms with Crippen LogP contribution in [0.3, 0.4) is 0 Å². The Labute approximate surface area is 348 Å². The number of hydrogen-bond acceptors (Lipinski definition) is 10. The van der Waals surface area contributed by atoms with Gasteiger partial charge in [0.05, 0.1) is 79.9 Å². The summed E-state index contributed by atoms with van der Waals surface area (Å²) in [5, 5.41) is 16.3. The molecule has 5 aromatic rings. The van der Waals surface area contributed by atoms with Crippen LogP contribution in [0.5, 0.6) is 0 Å². The highest BCUT2D eigenvalue weighted by Gasteiger charge is 2.40. The number of benzene rings is 2. The lowest BCUT2D eigenvalue weighted by Crippen LogP contribution is -2.51. The molecule has 0 saturated carbocycles. The normalized spacial score (nSPS) is 17.9. The third-order valence-electron chi connectivity index (χ3n) is 11.3. The summed E-state index contributed by atoms with van der Waals surface area (Å²) in [7, 11) is 2.53. The van der Waals surface area contributed by atoms with Gasteiger partial charge in [-0.3, -0.25) is 9.59 Å². The second kappa shape index (κ2) is 17.5. The first kappa shape index (κ1) is 41.3. The van der Waals surface area contributed by atoms with E-state index in [4.69, 9.17) is 14.5 Å². The van der Waals surface area contributed by atoms with Crippen molar-refractivity contribution in [1.29, 1.82) is 5.26 Å². The Balaban J connectivity index is 1.07. The number of nitriles is 1. The number of carbonyl (C=O) groups excluding carboxylic acids is 4. The molecule has 2 aromatic carbocycles. The number of likely N-dealkylation sites (tertiary alicyclic amines) is 2. The molecule has 5 unspecified atom stereocenters. The minimum Gasteiger partial charge on any atom is -0.453 e. The van der Waals surface area contributed by atoms with Crippen molar-refractivity contribution in [2.24, 2.45) is 11.8 Å². The Bertz CT molecular complexity index is 2430. The van der Waals surface area contributed by atoms with Gasteiger partial charge >= 0.3 is 12.2 Å². The minimum atomic E-state index is -0.825. The molecule has 5 atom stereocenters. The van der Waals surface area contributed by atoms with Gasteiger partial charge in [-0.2, -0.15) is 5.26 Å². The fraction of sp³-hybridized carbons (Fsp3) is 0.386. The molecule has 0 bridgehead atoms. The van der Waals surface area contributed by atoms with Crippen LogP contribution in [0, 0.1) is 30.1 Å². The van der Waals surface area contributed by atoms with E-state index in [2.05, 4.69) is 43.6 Å². The molecule has 2 aliphatic rings. The Morgan fingerprint density at radius 1 is 0.783 bits per heavy atom. The summed E-state index contributed by atoms with van der Waals surface area (Å²) < 4.78 is 9.48. The summed E-state index contributed by atoms with van der Waals surface area (Å²) in [6.45, 7) is 10.6. The highest BCUT2D eigenvalue weighted by molar-refractivity contribution is 5.91. The average molecular weight is 814 g/mol. The van der Waals surface area contributed by atoms with E-state index in [-0.39, 0.29) is 35.7 Å². The number of methoxy groups -OCH3 is 2. The number of pyridine rings is 1. The van der Waals surface area contributed by atoms with Crippen molar-refractivity contribution >= 4 is 34.9 Å². The minimum absolute atomic E-state index is 0.141. The molecule has 3 aromatic heterocycles. The SMILES string of the molecule is [CH2+]C(C)C(NC(=O)OC)C(=O)N1CCCC1c1ncc(-c2ccc(-c3cc(C#N)c4cc(-c5cnc(C6CCCN6C(=O)C(NC(=O)OC)C(C)C)[nH]5)ccc4n3)cc2)[nH]1. The van der Waals surface area contributed by atoms with Crippen LogP contribution in [-0.4, -0.2) is 98.1 Å². The fourth-order valence-corrected chi connectivity index (χ4v) is 8.08. The zero-order chi connectivity index (χ0) is 42.7. The van der Waals surface area contributed by atoms with Crippen LogP contribution in [0.25, 0.3) is 44.7 Å². The van der Waals surface area contributed by atoms with Crippen LogP contribution in [0.2, 0.25) is 0 Å². The number of nitrogens with one attached hydrogen (secondary N) is 4. The number of aromatic amines is 2. The Hall–Kier alpha value is -6.89. The fourth-order valence-electron chi connectivity index (χ4n) is 8.08. The number of ether oxygens (including phenoxy) is 2. The lowest BCUT2D eigenvalue weighted by Gasteiger charge is -2.30. The molecule has 16 nitrogen and oxygen atoms in total. The van der Waals surface area contributed by atoms with Crippen molar-refractivity contribution in [2.75, 3.05) is 27.3 Å². The van der Waals surface area contributed by atoms with Crippen LogP contribution < -0.4 is 10.6 Å². The van der Waals surface area contributed by atoms with Crippen molar-refractivity contribution in [3.05, 3.63) is 85.1 Å². The van der Waals surface area contributed by atoms with Crippen molar-refractivity contribution in [1.82, 2.24) is 45.4 Å². The van der Waals surface area contributed by atoms with Crippen LogP contribution in [0.1, 0.15) is 75.8 Å². The third kappa shape index (κ3) is 8.33. The van der Waals surface area contributed by atoms with Crippen LogP contribution in [0.15, 0.2) is 60.9 Å². The maximum Gasteiger partial charge on any atom is 0.407 e. The second-order valence-corrected chi connectivity index (χ2v) is 15.7. The van der Waals surface area contributed by atoms with E-state index >= 15 is 0 Å². The van der Waals surface area contributed by atoms with Crippen molar-refractivity contribution in [3.8, 4) is 39.8 Å². The highest BCUT2D eigenvalue weighted by atomic mass is 16.5. The maximum atomic E-state index is 13.6. The zero-order valence-corrected chi connectivity index (χ0v) is 34.3. The molecule has 4 N–H and O–H groups in total. The largest absolute Gasteiger partial charge is 0.453 e. The number of H-pyrrole nitrogens is 2. The molecule has 16 heteroatoms. The average Bonchev–Trinajstić information content (AvgIpc) is 4.10. The molecule has 4 amide bonds. The first-order chi connectivity index (χ1) is 28.9. The van der Waals surface area contributed by atoms with Gasteiger partial charge in [-0.05, 0) is 62.3 Å². The predicted octanol–water partition coefficient (Wildman–Crippen LogP) is 6.46. The van der Waals surface area contributed by atoms with E-state index in [1.54, 1.807) is 35.2 Å². The van der Waals surface area contributed by atoms with E-state index in [1.165, 1.54) is 14.2 Å². The summed E-state index contributed by atoms with van der Waals surface area (Å²) >= 11 is 0. The summed E-state index contributed by atoms with van der Waals surface area (Å²) in [6.07, 6.45) is 5.21. The topological polar surface area (TPSA) is 211 Å². The molecule has 310 valence electrons. The van der Waals surface area contributed by atoms with E-state index < -0.39 is 24.3 Å². The van der Waals surface area contributed by atoms with Crippen LogP contribution in [-0.2, 0) is 19.1 Å². The molecular formula is C44H49N10O6+. The maximum absolute atomic E-state index is 13.6. The number of alkyl carbamates (subject to hydrolysis) is 2. The number of aromatic nitrogens is 5. The van der Waals surface area contributed by atoms with Gasteiger partial charge in [0.2, 0.25) is 5.91 Å². The molecule has 7 rings (SSSR count). The van der Waals surface area contributed by atoms with E-state index in [1.807, 2.05) is 56.3 Å². The first-order valence-electron chi connectivity index (χ1n) is 20.1. The monoisotopic (exact) mass is 813 g/mol. The van der Waals surface area contributed by atoms with Gasteiger partial charge in [0.1, 0.15) is 23.6 Å². The van der Waals surface area contributed by atoms with Gasteiger partial charge in [0, 0.05) is 29.6 Å². The first-order valence-corrected chi connectivity index (χ1v) is 20.1. The lowest BCUT2D eigenvalue weighted by molar-refractivity contribution is -0.136. The number of fused-ring (bicyclic) bond motifs is 1. The van der Waals surface area contributed by atoms with Crippen molar-refractivity contribution in [3.63, 3.8) is 0 Å². The Kier molecular flexibility index (Phi) is 12.1. The molecular weight excluding hydrogens is 765 g/mol. The van der Waals surface area contributed by atoms with Gasteiger partial charge in [-0.1, -0.05) is 44.2 Å². The smallest absolute Gasteiger partial charge is 0.407 e. The molecule has 0 spiro atoms. The number of imidazole rings is 2. The highest BCUT2D eigenvalue weighted by Crippen LogP contribution is 2.36. The van der Waals surface area contributed by atoms with Crippen molar-refractivity contribution in [2.45, 2.75) is 70.6 Å². The number of hydrogen-bond donors (Lipinski definition) is 4. The van der Waals surface area contributed by atoms with Gasteiger partial charge < -0.3 is 39.9 Å². The summed E-state index contributed by atoms with van der Waals surface area (Å²) in [4.78, 5) is 75.6. The molecule has 2 fully saturated rings. The number of amides is 4. The number of nitrogens with zero attached hydrogens (tertiary/aromatic N) is 6. The molecule has 0 radical (unpaired) electrons. The van der Waals surface area contributed by atoms with Crippen LogP contribution >= 0.6 is 0 Å². The third-order valence-corrected chi connectivity index (χ3v) is 11.3. The number of rotatable bonds is 11. The molecule has 2 aliphatic heterocycles. The van der Waals surface area contributed by atoms with E-state index in [0.29, 0.717) is 46.9 Å². The van der Waals surface area contributed by atoms with Gasteiger partial charge in [0.25, 0.3) is 5.91 Å². The zero-order valence-electron chi connectivity index (χ0n) is 34.3. The lowest BCUT2D eigenvalue weighted by atomic mass is 10.0. The summed E-state index contributed by atoms with van der Waals surface area (Å²) in [6, 6.07) is 15.6. The van der Waals surface area contributed by atoms with Gasteiger partial charge in [-0.15, -0.1) is 0 Å². The van der Waals surface area contributed by atoms with E-state index in [9.17, 15) is 24.4 Å². The molecule has 5 heterocycles.